The van der Waals surface area contributed by atoms with Crippen LogP contribution in [0.2, 0.25) is 0 Å². The number of hydrogen-bond acceptors (Lipinski definition) is 4. The van der Waals surface area contributed by atoms with Gasteiger partial charge in [-0.05, 0) is 36.5 Å². The van der Waals surface area contributed by atoms with E-state index in [0.29, 0.717) is 10.6 Å². The molecular formula is C18H20N3O2S+. The summed E-state index contributed by atoms with van der Waals surface area (Å²) in [6.07, 6.45) is 0. The Bertz CT molecular complexity index is 910. The average molecular weight is 342 g/mol. The SMILES string of the molecule is Oc1ccccc1N1CC[NH+](Cn2c(=S)oc3ccccc32)CC1. The minimum atomic E-state index is 0.351. The van der Waals surface area contributed by atoms with Crippen molar-refractivity contribution in [2.75, 3.05) is 31.1 Å². The van der Waals surface area contributed by atoms with Gasteiger partial charge in [0.1, 0.15) is 5.75 Å². The maximum atomic E-state index is 10.0. The predicted octanol–water partition coefficient (Wildman–Crippen LogP) is 2.03. The molecule has 1 aliphatic rings. The molecule has 6 heteroatoms. The van der Waals surface area contributed by atoms with E-state index in [9.17, 15) is 5.11 Å². The van der Waals surface area contributed by atoms with Crippen LogP contribution in [0.1, 0.15) is 0 Å². The maximum absolute atomic E-state index is 10.0. The Morgan fingerprint density at radius 1 is 1.04 bits per heavy atom. The fourth-order valence-corrected chi connectivity index (χ4v) is 3.59. The number of benzene rings is 2. The molecule has 0 radical (unpaired) electrons. The summed E-state index contributed by atoms with van der Waals surface area (Å²) in [4.78, 5) is 4.24. The molecule has 1 aromatic heterocycles. The second-order valence-electron chi connectivity index (χ2n) is 6.15. The van der Waals surface area contributed by atoms with Crippen LogP contribution in [-0.2, 0) is 6.67 Å². The van der Waals surface area contributed by atoms with Crippen LogP contribution in [0.3, 0.4) is 0 Å². The quantitative estimate of drug-likeness (QED) is 0.715. The zero-order valence-electron chi connectivity index (χ0n) is 13.3. The monoisotopic (exact) mass is 342 g/mol. The number of quaternary nitrogens is 1. The van der Waals surface area contributed by atoms with Gasteiger partial charge >= 0.3 is 0 Å². The molecule has 1 saturated heterocycles. The normalized spacial score (nSPS) is 15.9. The summed E-state index contributed by atoms with van der Waals surface area (Å²) < 4.78 is 7.75. The molecule has 3 aromatic rings. The lowest BCUT2D eigenvalue weighted by Gasteiger charge is -2.33. The van der Waals surface area contributed by atoms with Gasteiger partial charge in [-0.1, -0.05) is 24.3 Å². The molecule has 0 atom stereocenters. The number of aromatic hydroxyl groups is 1. The Balaban J connectivity index is 1.48. The van der Waals surface area contributed by atoms with Crippen LogP contribution in [0, 0.1) is 4.84 Å². The van der Waals surface area contributed by atoms with E-state index in [4.69, 9.17) is 16.6 Å². The van der Waals surface area contributed by atoms with Gasteiger partial charge in [0.15, 0.2) is 12.3 Å². The number of aromatic nitrogens is 1. The van der Waals surface area contributed by atoms with Gasteiger partial charge in [-0.15, -0.1) is 0 Å². The summed E-state index contributed by atoms with van der Waals surface area (Å²) in [6, 6.07) is 15.5. The molecule has 0 unspecified atom stereocenters. The van der Waals surface area contributed by atoms with Gasteiger partial charge in [0.25, 0.3) is 4.84 Å². The van der Waals surface area contributed by atoms with E-state index in [1.54, 1.807) is 6.07 Å². The third-order valence-corrected chi connectivity index (χ3v) is 4.95. The smallest absolute Gasteiger partial charge is 0.274 e. The van der Waals surface area contributed by atoms with E-state index < -0.39 is 0 Å². The lowest BCUT2D eigenvalue weighted by molar-refractivity contribution is -0.923. The molecule has 0 spiro atoms. The number of nitrogens with zero attached hydrogens (tertiary/aromatic N) is 2. The van der Waals surface area contributed by atoms with Crippen LogP contribution >= 0.6 is 12.2 Å². The number of anilines is 1. The Hall–Kier alpha value is -2.31. The number of rotatable bonds is 3. The number of phenolic OH excluding ortho intramolecular Hbond substituents is 1. The summed E-state index contributed by atoms with van der Waals surface area (Å²) in [5.41, 5.74) is 2.81. The first-order valence-corrected chi connectivity index (χ1v) is 8.58. The van der Waals surface area contributed by atoms with Gasteiger partial charge in [0, 0.05) is 0 Å². The number of para-hydroxylation sites is 4. The first-order valence-electron chi connectivity index (χ1n) is 8.17. The topological polar surface area (TPSA) is 46.0 Å². The largest absolute Gasteiger partial charge is 0.506 e. The van der Waals surface area contributed by atoms with Gasteiger partial charge in [-0.25, -0.2) is 0 Å². The number of fused-ring (bicyclic) bond motifs is 1. The van der Waals surface area contributed by atoms with Crippen molar-refractivity contribution >= 4 is 29.0 Å². The number of hydrogen-bond donors (Lipinski definition) is 2. The summed E-state index contributed by atoms with van der Waals surface area (Å²) in [7, 11) is 0. The molecule has 4 rings (SSSR count). The third kappa shape index (κ3) is 2.79. The summed E-state index contributed by atoms with van der Waals surface area (Å²) >= 11 is 5.38. The van der Waals surface area contributed by atoms with Crippen molar-refractivity contribution in [1.82, 2.24) is 4.57 Å². The molecule has 0 bridgehead atoms. The van der Waals surface area contributed by atoms with Crippen molar-refractivity contribution in [1.29, 1.82) is 0 Å². The van der Waals surface area contributed by atoms with E-state index in [0.717, 1.165) is 49.6 Å². The number of nitrogens with one attached hydrogen (secondary N) is 1. The Morgan fingerprint density at radius 3 is 2.54 bits per heavy atom. The van der Waals surface area contributed by atoms with Gasteiger partial charge in [-0.3, -0.25) is 4.57 Å². The molecule has 2 aromatic carbocycles. The van der Waals surface area contributed by atoms with Crippen LogP contribution < -0.4 is 9.80 Å². The van der Waals surface area contributed by atoms with Crippen LogP contribution in [0.4, 0.5) is 5.69 Å². The second-order valence-corrected chi connectivity index (χ2v) is 6.50. The lowest BCUT2D eigenvalue weighted by Crippen LogP contribution is -3.14. The Kier molecular flexibility index (Phi) is 4.00. The highest BCUT2D eigenvalue weighted by molar-refractivity contribution is 7.71. The Labute approximate surface area is 145 Å². The first kappa shape index (κ1) is 15.2. The van der Waals surface area contributed by atoms with E-state index in [-0.39, 0.29) is 0 Å². The lowest BCUT2D eigenvalue weighted by atomic mass is 10.2. The highest BCUT2D eigenvalue weighted by Crippen LogP contribution is 2.26. The first-order chi connectivity index (χ1) is 11.7. The zero-order valence-corrected chi connectivity index (χ0v) is 14.1. The third-order valence-electron chi connectivity index (χ3n) is 4.65. The van der Waals surface area contributed by atoms with Gasteiger partial charge in [0.2, 0.25) is 0 Å². The van der Waals surface area contributed by atoms with Crippen LogP contribution in [0.15, 0.2) is 52.9 Å². The van der Waals surface area contributed by atoms with Crippen molar-refractivity contribution in [3.05, 3.63) is 53.4 Å². The van der Waals surface area contributed by atoms with Gasteiger partial charge < -0.3 is 19.3 Å². The van der Waals surface area contributed by atoms with E-state index in [1.807, 2.05) is 42.5 Å². The summed E-state index contributed by atoms with van der Waals surface area (Å²) in [6.45, 7) is 4.63. The zero-order chi connectivity index (χ0) is 16.5. The van der Waals surface area contributed by atoms with E-state index >= 15 is 0 Å². The molecule has 0 amide bonds. The molecule has 2 heterocycles. The highest BCUT2D eigenvalue weighted by Gasteiger charge is 2.22. The number of piperazine rings is 1. The fraction of sp³-hybridized carbons (Fsp3) is 0.278. The van der Waals surface area contributed by atoms with Crippen molar-refractivity contribution in [2.45, 2.75) is 6.67 Å². The van der Waals surface area contributed by atoms with Crippen molar-refractivity contribution < 1.29 is 14.4 Å². The van der Waals surface area contributed by atoms with Crippen LogP contribution in [-0.4, -0.2) is 35.9 Å². The summed E-state index contributed by atoms with van der Waals surface area (Å²) in [5, 5.41) is 10.0. The average Bonchev–Trinajstić information content (AvgIpc) is 2.92. The van der Waals surface area contributed by atoms with E-state index in [1.165, 1.54) is 4.90 Å². The molecule has 0 saturated carbocycles. The predicted molar refractivity (Wildman–Crippen MR) is 96.1 cm³/mol. The van der Waals surface area contributed by atoms with Crippen LogP contribution in [0.25, 0.3) is 11.1 Å². The molecule has 2 N–H and O–H groups in total. The van der Waals surface area contributed by atoms with E-state index in [2.05, 4.69) is 9.47 Å². The molecular weight excluding hydrogens is 322 g/mol. The molecule has 1 aliphatic heterocycles. The summed E-state index contributed by atoms with van der Waals surface area (Å²) in [5.74, 6) is 0.351. The van der Waals surface area contributed by atoms with Gasteiger partial charge in [-0.2, -0.15) is 0 Å². The van der Waals surface area contributed by atoms with Crippen molar-refractivity contribution in [3.63, 3.8) is 0 Å². The van der Waals surface area contributed by atoms with Crippen molar-refractivity contribution in [2.24, 2.45) is 0 Å². The standard InChI is InChI=1S/C18H19N3O2S/c22-16-7-3-1-5-14(16)20-11-9-19(10-12-20)13-21-15-6-2-4-8-17(15)23-18(21)24/h1-8,22H,9-13H2/p+1. The highest BCUT2D eigenvalue weighted by atomic mass is 32.1. The van der Waals surface area contributed by atoms with Crippen molar-refractivity contribution in [3.8, 4) is 5.75 Å². The fourth-order valence-electron chi connectivity index (χ4n) is 3.34. The second kappa shape index (κ2) is 6.30. The maximum Gasteiger partial charge on any atom is 0.274 e. The molecule has 24 heavy (non-hydrogen) atoms. The van der Waals surface area contributed by atoms with Crippen LogP contribution in [0.5, 0.6) is 5.75 Å². The Morgan fingerprint density at radius 2 is 1.75 bits per heavy atom. The molecule has 5 nitrogen and oxygen atoms in total. The molecule has 0 aliphatic carbocycles. The van der Waals surface area contributed by atoms with Gasteiger partial charge in [0.05, 0.1) is 37.4 Å². The number of phenols is 1. The number of oxazole rings is 1. The molecule has 124 valence electrons. The minimum Gasteiger partial charge on any atom is -0.506 e. The molecule has 1 fully saturated rings. The minimum absolute atomic E-state index is 0.351.